The Hall–Kier alpha value is -2.08. The Kier molecular flexibility index (Phi) is 6.37. The fourth-order valence-corrected chi connectivity index (χ4v) is 4.32. The summed E-state index contributed by atoms with van der Waals surface area (Å²) in [6.45, 7) is 4.09. The van der Waals surface area contributed by atoms with E-state index in [9.17, 15) is 9.59 Å². The predicted octanol–water partition coefficient (Wildman–Crippen LogP) is 2.33. The Morgan fingerprint density at radius 2 is 2.07 bits per heavy atom. The van der Waals surface area contributed by atoms with Crippen molar-refractivity contribution in [1.29, 1.82) is 0 Å². The molecular weight excluding hydrogens is 342 g/mol. The Labute approximate surface area is 161 Å². The van der Waals surface area contributed by atoms with Crippen LogP contribution in [0.3, 0.4) is 0 Å². The van der Waals surface area contributed by atoms with Gasteiger partial charge in [-0.1, -0.05) is 31.5 Å². The summed E-state index contributed by atoms with van der Waals surface area (Å²) in [5, 5.41) is 0. The summed E-state index contributed by atoms with van der Waals surface area (Å²) in [5.41, 5.74) is 6.94. The van der Waals surface area contributed by atoms with Crippen molar-refractivity contribution in [3.8, 4) is 5.75 Å². The summed E-state index contributed by atoms with van der Waals surface area (Å²) >= 11 is 0. The van der Waals surface area contributed by atoms with Gasteiger partial charge in [-0.2, -0.15) is 0 Å². The van der Waals surface area contributed by atoms with Crippen LogP contribution in [0.2, 0.25) is 0 Å². The first-order valence-corrected chi connectivity index (χ1v) is 10.0. The molecule has 6 heteroatoms. The number of para-hydroxylation sites is 1. The lowest BCUT2D eigenvalue weighted by Gasteiger charge is -2.42. The number of unbranched alkanes of at least 4 members (excludes halogenated alkanes) is 1. The van der Waals surface area contributed by atoms with E-state index in [0.29, 0.717) is 32.5 Å². The second-order valence-corrected chi connectivity index (χ2v) is 7.61. The highest BCUT2D eigenvalue weighted by atomic mass is 16.5. The third kappa shape index (κ3) is 4.10. The van der Waals surface area contributed by atoms with Crippen LogP contribution in [0.25, 0.3) is 0 Å². The smallest absolute Gasteiger partial charge is 0.228 e. The van der Waals surface area contributed by atoms with Gasteiger partial charge in [0.2, 0.25) is 11.8 Å². The number of carbonyl (C=O) groups excluding carboxylic acids is 2. The van der Waals surface area contributed by atoms with Crippen LogP contribution in [0.5, 0.6) is 5.75 Å². The monoisotopic (exact) mass is 373 g/mol. The van der Waals surface area contributed by atoms with Crippen molar-refractivity contribution in [3.63, 3.8) is 0 Å². The van der Waals surface area contributed by atoms with E-state index in [-0.39, 0.29) is 29.8 Å². The highest BCUT2D eigenvalue weighted by Gasteiger charge is 2.43. The van der Waals surface area contributed by atoms with Gasteiger partial charge in [0.05, 0.1) is 19.1 Å². The molecule has 3 atom stereocenters. The van der Waals surface area contributed by atoms with E-state index in [1.807, 2.05) is 34.1 Å². The van der Waals surface area contributed by atoms with Gasteiger partial charge < -0.3 is 20.3 Å². The van der Waals surface area contributed by atoms with Crippen molar-refractivity contribution in [1.82, 2.24) is 9.80 Å². The number of likely N-dealkylation sites (tertiary alicyclic amines) is 2. The molecule has 2 amide bonds. The molecule has 2 heterocycles. The highest BCUT2D eigenvalue weighted by molar-refractivity contribution is 5.85. The number of nitrogens with zero attached hydrogens (tertiary/aromatic N) is 2. The first-order valence-electron chi connectivity index (χ1n) is 10.0. The quantitative estimate of drug-likeness (QED) is 0.830. The van der Waals surface area contributed by atoms with Crippen LogP contribution in [0.4, 0.5) is 0 Å². The van der Waals surface area contributed by atoms with Gasteiger partial charge in [-0.15, -0.1) is 0 Å². The largest absolute Gasteiger partial charge is 0.496 e. The summed E-state index contributed by atoms with van der Waals surface area (Å²) in [6.07, 6.45) is 3.77. The molecule has 2 N–H and O–H groups in total. The molecule has 2 fully saturated rings. The lowest BCUT2D eigenvalue weighted by molar-refractivity contribution is -0.147. The lowest BCUT2D eigenvalue weighted by Crippen LogP contribution is -2.49. The maximum atomic E-state index is 13.3. The number of amides is 2. The number of nitrogens with two attached hydrogens (primary N) is 1. The molecule has 1 aromatic carbocycles. The molecule has 2 saturated heterocycles. The maximum Gasteiger partial charge on any atom is 0.228 e. The second-order valence-electron chi connectivity index (χ2n) is 7.61. The van der Waals surface area contributed by atoms with Gasteiger partial charge >= 0.3 is 0 Å². The molecule has 0 aliphatic carbocycles. The number of rotatable bonds is 6. The van der Waals surface area contributed by atoms with Gasteiger partial charge in [-0.05, 0) is 25.3 Å². The van der Waals surface area contributed by atoms with Crippen molar-refractivity contribution in [3.05, 3.63) is 29.8 Å². The SMILES string of the molecule is CCCCN1C(=O)CC[C@H](C(=O)N2CC[C@H](N)C2)[C@@H]1c1ccccc1OC. The molecule has 0 bridgehead atoms. The molecule has 27 heavy (non-hydrogen) atoms. The van der Waals surface area contributed by atoms with Gasteiger partial charge in [0, 0.05) is 37.7 Å². The number of carbonyl (C=O) groups is 2. The van der Waals surface area contributed by atoms with Crippen LogP contribution < -0.4 is 10.5 Å². The fourth-order valence-electron chi connectivity index (χ4n) is 4.32. The molecule has 6 nitrogen and oxygen atoms in total. The summed E-state index contributed by atoms with van der Waals surface area (Å²) < 4.78 is 5.57. The first kappa shape index (κ1) is 19.7. The summed E-state index contributed by atoms with van der Waals surface area (Å²) in [6, 6.07) is 7.52. The molecule has 0 spiro atoms. The van der Waals surface area contributed by atoms with Gasteiger partial charge in [-0.25, -0.2) is 0 Å². The second kappa shape index (κ2) is 8.74. The van der Waals surface area contributed by atoms with E-state index in [2.05, 4.69) is 6.92 Å². The van der Waals surface area contributed by atoms with Crippen molar-refractivity contribution in [2.24, 2.45) is 11.7 Å². The van der Waals surface area contributed by atoms with Gasteiger partial charge in [0.15, 0.2) is 0 Å². The van der Waals surface area contributed by atoms with E-state index >= 15 is 0 Å². The third-order valence-corrected chi connectivity index (χ3v) is 5.77. The third-order valence-electron chi connectivity index (χ3n) is 5.77. The van der Waals surface area contributed by atoms with Crippen molar-refractivity contribution in [2.45, 2.75) is 51.1 Å². The molecule has 0 saturated carbocycles. The number of hydrogen-bond acceptors (Lipinski definition) is 4. The average Bonchev–Trinajstić information content (AvgIpc) is 3.12. The van der Waals surface area contributed by atoms with Crippen LogP contribution in [0.1, 0.15) is 50.6 Å². The molecule has 0 radical (unpaired) electrons. The van der Waals surface area contributed by atoms with Gasteiger partial charge in [0.25, 0.3) is 0 Å². The number of methoxy groups -OCH3 is 1. The molecule has 2 aliphatic rings. The molecule has 1 aromatic rings. The van der Waals surface area contributed by atoms with Gasteiger partial charge in [-0.3, -0.25) is 9.59 Å². The zero-order valence-corrected chi connectivity index (χ0v) is 16.4. The minimum atomic E-state index is -0.279. The van der Waals surface area contributed by atoms with Crippen LogP contribution in [0, 0.1) is 5.92 Å². The number of ether oxygens (including phenoxy) is 1. The maximum absolute atomic E-state index is 13.3. The van der Waals surface area contributed by atoms with E-state index in [1.165, 1.54) is 0 Å². The van der Waals surface area contributed by atoms with E-state index < -0.39 is 0 Å². The zero-order chi connectivity index (χ0) is 19.4. The minimum absolute atomic E-state index is 0.0556. The molecule has 2 aliphatic heterocycles. The number of benzene rings is 1. The van der Waals surface area contributed by atoms with Crippen LogP contribution in [-0.2, 0) is 9.59 Å². The first-order chi connectivity index (χ1) is 13.1. The molecule has 0 unspecified atom stereocenters. The Balaban J connectivity index is 1.96. The van der Waals surface area contributed by atoms with E-state index in [4.69, 9.17) is 10.5 Å². The molecular formula is C21H31N3O3. The fraction of sp³-hybridized carbons (Fsp3) is 0.619. The highest BCUT2D eigenvalue weighted by Crippen LogP contribution is 2.41. The minimum Gasteiger partial charge on any atom is -0.496 e. The van der Waals surface area contributed by atoms with Crippen molar-refractivity contribution < 1.29 is 14.3 Å². The topological polar surface area (TPSA) is 75.9 Å². The van der Waals surface area contributed by atoms with E-state index in [0.717, 1.165) is 30.6 Å². The van der Waals surface area contributed by atoms with Crippen molar-refractivity contribution >= 4 is 11.8 Å². The summed E-state index contributed by atoms with van der Waals surface area (Å²) in [7, 11) is 1.64. The Morgan fingerprint density at radius 3 is 2.74 bits per heavy atom. The molecule has 3 rings (SSSR count). The number of piperidine rings is 1. The predicted molar refractivity (Wildman–Crippen MR) is 104 cm³/mol. The average molecular weight is 373 g/mol. The Bertz CT molecular complexity index is 678. The number of hydrogen-bond donors (Lipinski definition) is 1. The molecule has 0 aromatic heterocycles. The summed E-state index contributed by atoms with van der Waals surface area (Å²) in [4.78, 5) is 29.9. The van der Waals surface area contributed by atoms with Crippen LogP contribution in [-0.4, -0.2) is 54.4 Å². The summed E-state index contributed by atoms with van der Waals surface area (Å²) in [5.74, 6) is 0.727. The normalized spacial score (nSPS) is 25.7. The Morgan fingerprint density at radius 1 is 1.30 bits per heavy atom. The zero-order valence-electron chi connectivity index (χ0n) is 16.4. The van der Waals surface area contributed by atoms with Crippen LogP contribution in [0.15, 0.2) is 24.3 Å². The molecule has 148 valence electrons. The standard InChI is InChI=1S/C21H31N3O3/c1-3-4-12-24-19(25)10-9-17(21(26)23-13-11-15(22)14-23)20(24)16-7-5-6-8-18(16)27-2/h5-8,15,17,20H,3-4,9-14,22H2,1-2H3/t15-,17-,20-/m0/s1. The van der Waals surface area contributed by atoms with Crippen molar-refractivity contribution in [2.75, 3.05) is 26.7 Å². The van der Waals surface area contributed by atoms with Crippen LogP contribution >= 0.6 is 0 Å². The van der Waals surface area contributed by atoms with Gasteiger partial charge in [0.1, 0.15) is 5.75 Å². The van der Waals surface area contributed by atoms with E-state index in [1.54, 1.807) is 7.11 Å². The lowest BCUT2D eigenvalue weighted by atomic mass is 9.82.